The Kier molecular flexibility index (Phi) is 6.05. The van der Waals surface area contributed by atoms with Crippen molar-refractivity contribution in [3.63, 3.8) is 0 Å². The van der Waals surface area contributed by atoms with Crippen molar-refractivity contribution in [2.75, 3.05) is 19.1 Å². The van der Waals surface area contributed by atoms with Crippen molar-refractivity contribution < 1.29 is 24.2 Å². The fourth-order valence-electron chi connectivity index (χ4n) is 4.71. The van der Waals surface area contributed by atoms with Gasteiger partial charge in [-0.1, -0.05) is 24.3 Å². The number of carbonyl (C=O) groups is 2. The number of hydrogen-bond acceptors (Lipinski definition) is 5. The number of fused-ring (bicyclic) bond motifs is 1. The number of halogens is 1. The number of aryl methyl sites for hydroxylation is 1. The first-order chi connectivity index (χ1) is 17.3. The zero-order valence-corrected chi connectivity index (χ0v) is 21.4. The predicted octanol–water partition coefficient (Wildman–Crippen LogP) is 5.58. The summed E-state index contributed by atoms with van der Waals surface area (Å²) < 4.78 is 13.2. The minimum Gasteiger partial charge on any atom is -0.507 e. The number of benzene rings is 3. The summed E-state index contributed by atoms with van der Waals surface area (Å²) in [6.45, 7) is 0. The van der Waals surface area contributed by atoms with Crippen molar-refractivity contribution in [1.82, 2.24) is 4.57 Å². The van der Waals surface area contributed by atoms with E-state index in [1.165, 1.54) is 12.0 Å². The van der Waals surface area contributed by atoms with Crippen LogP contribution >= 0.6 is 15.9 Å². The van der Waals surface area contributed by atoms with E-state index in [-0.39, 0.29) is 11.3 Å². The molecule has 2 heterocycles. The molecule has 182 valence electrons. The maximum atomic E-state index is 13.5. The summed E-state index contributed by atoms with van der Waals surface area (Å²) in [5.41, 5.74) is 2.55. The molecule has 1 N–H and O–H groups in total. The van der Waals surface area contributed by atoms with Crippen LogP contribution in [0.4, 0.5) is 5.69 Å². The molecule has 1 amide bonds. The lowest BCUT2D eigenvalue weighted by atomic mass is 9.94. The third-order valence-electron chi connectivity index (χ3n) is 6.42. The lowest BCUT2D eigenvalue weighted by molar-refractivity contribution is -0.132. The van der Waals surface area contributed by atoms with Crippen LogP contribution in [0.15, 0.2) is 83.0 Å². The molecule has 3 aromatic carbocycles. The number of carbonyl (C=O) groups excluding carboxylic acids is 2. The fraction of sp³-hybridized carbons (Fsp3) is 0.143. The molecule has 1 atom stereocenters. The number of rotatable bonds is 5. The number of aromatic nitrogens is 1. The highest BCUT2D eigenvalue weighted by Crippen LogP contribution is 2.45. The second kappa shape index (κ2) is 9.20. The molecule has 0 saturated carbocycles. The Morgan fingerprint density at radius 3 is 2.47 bits per heavy atom. The normalized spacial score (nSPS) is 17.1. The molecule has 1 fully saturated rings. The van der Waals surface area contributed by atoms with Crippen LogP contribution in [0.5, 0.6) is 11.5 Å². The molecule has 4 aromatic rings. The van der Waals surface area contributed by atoms with Crippen molar-refractivity contribution in [2.45, 2.75) is 6.04 Å². The summed E-state index contributed by atoms with van der Waals surface area (Å²) in [4.78, 5) is 28.4. The highest BCUT2D eigenvalue weighted by atomic mass is 79.9. The van der Waals surface area contributed by atoms with Gasteiger partial charge in [0.15, 0.2) is 0 Å². The molecule has 0 bridgehead atoms. The number of hydrogen-bond donors (Lipinski definition) is 1. The maximum Gasteiger partial charge on any atom is 0.300 e. The molecule has 36 heavy (non-hydrogen) atoms. The minimum absolute atomic E-state index is 0.0104. The van der Waals surface area contributed by atoms with Crippen LogP contribution in [0.2, 0.25) is 0 Å². The zero-order valence-electron chi connectivity index (χ0n) is 19.9. The van der Waals surface area contributed by atoms with Gasteiger partial charge in [-0.05, 0) is 52.3 Å². The SMILES string of the molecule is COc1cccc(N2C(=O)C(=O)/C(=C(/O)c3ccc(OC)c(Br)c3)C2c2cn(C)c3ccccc23)c1. The number of para-hydroxylation sites is 1. The van der Waals surface area contributed by atoms with Gasteiger partial charge in [-0.2, -0.15) is 0 Å². The van der Waals surface area contributed by atoms with Gasteiger partial charge in [-0.15, -0.1) is 0 Å². The Morgan fingerprint density at radius 2 is 1.75 bits per heavy atom. The van der Waals surface area contributed by atoms with E-state index in [1.807, 2.05) is 42.1 Å². The molecule has 1 saturated heterocycles. The molecule has 1 aromatic heterocycles. The van der Waals surface area contributed by atoms with Gasteiger partial charge in [-0.3, -0.25) is 14.5 Å². The molecule has 1 aliphatic heterocycles. The summed E-state index contributed by atoms with van der Waals surface area (Å²) in [7, 11) is 4.99. The average molecular weight is 547 g/mol. The Bertz CT molecular complexity index is 1550. The summed E-state index contributed by atoms with van der Waals surface area (Å²) in [6, 6.07) is 18.9. The van der Waals surface area contributed by atoms with Crippen molar-refractivity contribution in [1.29, 1.82) is 0 Å². The monoisotopic (exact) mass is 546 g/mol. The van der Waals surface area contributed by atoms with Crippen molar-refractivity contribution in [3.8, 4) is 11.5 Å². The van der Waals surface area contributed by atoms with Gasteiger partial charge in [-0.25, -0.2) is 0 Å². The first-order valence-electron chi connectivity index (χ1n) is 11.2. The van der Waals surface area contributed by atoms with Crippen LogP contribution in [0.25, 0.3) is 16.7 Å². The number of ether oxygens (including phenoxy) is 2. The number of aliphatic hydroxyl groups is 1. The molecule has 0 spiro atoms. The number of aliphatic hydroxyl groups excluding tert-OH is 1. The summed E-state index contributed by atoms with van der Waals surface area (Å²) in [6.07, 6.45) is 1.89. The number of nitrogens with zero attached hydrogens (tertiary/aromatic N) is 2. The van der Waals surface area contributed by atoms with Gasteiger partial charge < -0.3 is 19.1 Å². The number of methoxy groups -OCH3 is 2. The molecule has 1 unspecified atom stereocenters. The average Bonchev–Trinajstić information content (AvgIpc) is 3.36. The third-order valence-corrected chi connectivity index (χ3v) is 7.04. The number of anilines is 1. The lowest BCUT2D eigenvalue weighted by Crippen LogP contribution is -2.29. The highest BCUT2D eigenvalue weighted by molar-refractivity contribution is 9.10. The summed E-state index contributed by atoms with van der Waals surface area (Å²) >= 11 is 3.43. The van der Waals surface area contributed by atoms with Gasteiger partial charge in [0.1, 0.15) is 17.3 Å². The van der Waals surface area contributed by atoms with Gasteiger partial charge in [0, 0.05) is 47.0 Å². The van der Waals surface area contributed by atoms with E-state index < -0.39 is 17.7 Å². The largest absolute Gasteiger partial charge is 0.507 e. The molecule has 0 radical (unpaired) electrons. The van der Waals surface area contributed by atoms with Gasteiger partial charge >= 0.3 is 0 Å². The Labute approximate surface area is 216 Å². The van der Waals surface area contributed by atoms with Crippen LogP contribution in [0.1, 0.15) is 17.2 Å². The lowest BCUT2D eigenvalue weighted by Gasteiger charge is -2.25. The van der Waals surface area contributed by atoms with E-state index >= 15 is 0 Å². The van der Waals surface area contributed by atoms with E-state index in [0.717, 1.165) is 16.5 Å². The molecular weight excluding hydrogens is 524 g/mol. The van der Waals surface area contributed by atoms with E-state index in [9.17, 15) is 14.7 Å². The number of Topliss-reactive ketones (excluding diaryl/α,β-unsaturated/α-hetero) is 1. The van der Waals surface area contributed by atoms with Crippen LogP contribution in [-0.2, 0) is 16.6 Å². The second-order valence-electron chi connectivity index (χ2n) is 8.43. The summed E-state index contributed by atoms with van der Waals surface area (Å²) in [5.74, 6) is -0.630. The maximum absolute atomic E-state index is 13.5. The second-order valence-corrected chi connectivity index (χ2v) is 9.29. The van der Waals surface area contributed by atoms with Crippen molar-refractivity contribution >= 4 is 50.0 Å². The van der Waals surface area contributed by atoms with E-state index in [0.29, 0.717) is 27.2 Å². The van der Waals surface area contributed by atoms with Crippen LogP contribution in [-0.4, -0.2) is 35.6 Å². The standard InChI is InChI=1S/C28H23BrN2O5/c1-30-15-20(19-9-4-5-10-22(19)30)25-24(26(32)16-11-12-23(36-3)21(29)13-16)27(33)28(34)31(25)17-7-6-8-18(14-17)35-2/h4-15,25,32H,1-3H3/b26-24+. The third kappa shape index (κ3) is 3.74. The van der Waals surface area contributed by atoms with E-state index in [4.69, 9.17) is 9.47 Å². The van der Waals surface area contributed by atoms with Gasteiger partial charge in [0.2, 0.25) is 0 Å². The Morgan fingerprint density at radius 1 is 0.972 bits per heavy atom. The predicted molar refractivity (Wildman–Crippen MR) is 141 cm³/mol. The summed E-state index contributed by atoms with van der Waals surface area (Å²) in [5, 5.41) is 12.3. The minimum atomic E-state index is -0.857. The molecule has 7 nitrogen and oxygen atoms in total. The van der Waals surface area contributed by atoms with Gasteiger partial charge in [0.05, 0.1) is 30.3 Å². The fourth-order valence-corrected chi connectivity index (χ4v) is 5.25. The first kappa shape index (κ1) is 23.7. The van der Waals surface area contributed by atoms with Crippen LogP contribution in [0, 0.1) is 0 Å². The number of ketones is 1. The molecule has 8 heteroatoms. The van der Waals surface area contributed by atoms with Crippen molar-refractivity contribution in [3.05, 3.63) is 94.1 Å². The molecule has 0 aliphatic carbocycles. The van der Waals surface area contributed by atoms with E-state index in [2.05, 4.69) is 15.9 Å². The smallest absolute Gasteiger partial charge is 0.300 e. The molecular formula is C28H23BrN2O5. The van der Waals surface area contributed by atoms with Crippen LogP contribution < -0.4 is 14.4 Å². The van der Waals surface area contributed by atoms with Crippen LogP contribution in [0.3, 0.4) is 0 Å². The molecule has 5 rings (SSSR count). The highest BCUT2D eigenvalue weighted by Gasteiger charge is 2.48. The topological polar surface area (TPSA) is 81.0 Å². The quantitative estimate of drug-likeness (QED) is 0.200. The Hall–Kier alpha value is -4.04. The zero-order chi connectivity index (χ0) is 25.6. The Balaban J connectivity index is 1.79. The first-order valence-corrected chi connectivity index (χ1v) is 12.0. The van der Waals surface area contributed by atoms with E-state index in [1.54, 1.807) is 49.6 Å². The van der Waals surface area contributed by atoms with Gasteiger partial charge in [0.25, 0.3) is 11.7 Å². The van der Waals surface area contributed by atoms with Crippen molar-refractivity contribution in [2.24, 2.45) is 7.05 Å². The number of amides is 1. The molecule has 1 aliphatic rings.